The number of nitrogens with zero attached hydrogens (tertiary/aromatic N) is 2. The second-order valence-electron chi connectivity index (χ2n) is 12.7. The van der Waals surface area contributed by atoms with Crippen molar-refractivity contribution in [1.82, 2.24) is 20.7 Å². The van der Waals surface area contributed by atoms with Gasteiger partial charge in [-0.2, -0.15) is 0 Å². The molecule has 4 N–H and O–H groups in total. The van der Waals surface area contributed by atoms with Crippen molar-refractivity contribution in [3.05, 3.63) is 34.9 Å². The molecule has 7 nitrogen and oxygen atoms in total. The summed E-state index contributed by atoms with van der Waals surface area (Å²) in [7, 11) is 2.07. The lowest BCUT2D eigenvalue weighted by Gasteiger charge is -2.48. The van der Waals surface area contributed by atoms with Crippen LogP contribution in [-0.4, -0.2) is 60.5 Å². The predicted octanol–water partition coefficient (Wildman–Crippen LogP) is 4.13. The van der Waals surface area contributed by atoms with Gasteiger partial charge in [-0.1, -0.05) is 43.0 Å². The number of benzene rings is 1. The highest BCUT2D eigenvalue weighted by molar-refractivity contribution is 6.30. The fourth-order valence-corrected chi connectivity index (χ4v) is 6.85. The maximum absolute atomic E-state index is 13.7. The summed E-state index contributed by atoms with van der Waals surface area (Å²) in [5.41, 5.74) is 10.2. The molecule has 3 aliphatic rings. The molecule has 2 heterocycles. The Morgan fingerprint density at radius 2 is 1.65 bits per heavy atom. The molecular weight excluding hydrogens is 486 g/mol. The maximum atomic E-state index is 13.7. The van der Waals surface area contributed by atoms with Crippen molar-refractivity contribution in [2.45, 2.75) is 77.3 Å². The van der Waals surface area contributed by atoms with Gasteiger partial charge in [-0.25, -0.2) is 5.01 Å². The van der Waals surface area contributed by atoms with E-state index in [2.05, 4.69) is 43.5 Å². The number of nitrogens with two attached hydrogens (primary N) is 1. The van der Waals surface area contributed by atoms with Gasteiger partial charge in [0.15, 0.2) is 0 Å². The highest BCUT2D eigenvalue weighted by atomic mass is 35.5. The van der Waals surface area contributed by atoms with Crippen LogP contribution in [0.1, 0.15) is 77.3 Å². The van der Waals surface area contributed by atoms with E-state index < -0.39 is 6.04 Å². The van der Waals surface area contributed by atoms with E-state index in [0.29, 0.717) is 24.0 Å². The molecule has 3 fully saturated rings. The molecule has 0 radical (unpaired) electrons. The zero-order valence-electron chi connectivity index (χ0n) is 23.1. The van der Waals surface area contributed by atoms with Crippen LogP contribution in [0.3, 0.4) is 0 Å². The Labute approximate surface area is 227 Å². The summed E-state index contributed by atoms with van der Waals surface area (Å²) in [5, 5.41) is 5.98. The number of carbonyl (C=O) groups excluding carboxylic acids is 2. The van der Waals surface area contributed by atoms with Crippen LogP contribution in [0, 0.1) is 23.2 Å². The smallest absolute Gasteiger partial charge is 0.239 e. The van der Waals surface area contributed by atoms with Crippen molar-refractivity contribution in [2.24, 2.45) is 28.9 Å². The van der Waals surface area contributed by atoms with Gasteiger partial charge in [0.1, 0.15) is 0 Å². The molecule has 0 bridgehead atoms. The summed E-state index contributed by atoms with van der Waals surface area (Å²) in [6.45, 7) is 9.22. The maximum Gasteiger partial charge on any atom is 0.239 e. The number of hydrogen-bond acceptors (Lipinski definition) is 5. The molecular formula is C29H46ClN5O2. The van der Waals surface area contributed by atoms with Crippen LogP contribution in [0.25, 0.3) is 0 Å². The van der Waals surface area contributed by atoms with Crippen molar-refractivity contribution < 1.29 is 9.59 Å². The van der Waals surface area contributed by atoms with Gasteiger partial charge < -0.3 is 16.0 Å². The number of piperidine rings is 1. The first-order valence-electron chi connectivity index (χ1n) is 14.1. The van der Waals surface area contributed by atoms with Gasteiger partial charge in [0.05, 0.1) is 11.3 Å². The van der Waals surface area contributed by atoms with Gasteiger partial charge in [0.25, 0.3) is 0 Å². The number of hydrazine groups is 1. The van der Waals surface area contributed by atoms with E-state index in [-0.39, 0.29) is 34.6 Å². The van der Waals surface area contributed by atoms with Gasteiger partial charge in [0.2, 0.25) is 11.8 Å². The molecule has 2 atom stereocenters. The fraction of sp³-hybridized carbons (Fsp3) is 0.724. The average Bonchev–Trinajstić information content (AvgIpc) is 2.83. The molecule has 0 spiro atoms. The molecule has 206 valence electrons. The van der Waals surface area contributed by atoms with Crippen molar-refractivity contribution in [2.75, 3.05) is 33.2 Å². The number of halogens is 1. The predicted molar refractivity (Wildman–Crippen MR) is 149 cm³/mol. The minimum atomic E-state index is -0.403. The van der Waals surface area contributed by atoms with Gasteiger partial charge >= 0.3 is 0 Å². The molecule has 1 unspecified atom stereocenters. The topological polar surface area (TPSA) is 90.7 Å². The third kappa shape index (κ3) is 6.67. The number of nitrogens with one attached hydrogen (secondary N) is 2. The van der Waals surface area contributed by atoms with E-state index in [9.17, 15) is 9.59 Å². The monoisotopic (exact) mass is 531 g/mol. The standard InChI is InChI=1S/C29H46ClN5O2/c1-28(2,3)32-27(37)29(22-8-6-5-7-9-22)14-16-35(17-15-29)33-26(36)24(21-18-34(4)19-21)25(31)20-10-12-23(30)13-11-20/h10-13,21-22,24-25H,5-9,14-19,31H2,1-4H3,(H,32,37)(H,33,36)/t24-,25?/m1/s1. The van der Waals surface area contributed by atoms with Crippen molar-refractivity contribution in [1.29, 1.82) is 0 Å². The normalized spacial score (nSPS) is 23.6. The van der Waals surface area contributed by atoms with Crippen molar-refractivity contribution in [3.8, 4) is 0 Å². The zero-order valence-corrected chi connectivity index (χ0v) is 23.8. The van der Waals surface area contributed by atoms with Crippen molar-refractivity contribution in [3.63, 3.8) is 0 Å². The van der Waals surface area contributed by atoms with E-state index in [1.54, 1.807) is 0 Å². The minimum Gasteiger partial charge on any atom is -0.351 e. The van der Waals surface area contributed by atoms with E-state index in [1.807, 2.05) is 29.3 Å². The fourth-order valence-electron chi connectivity index (χ4n) is 6.73. The molecule has 1 aliphatic carbocycles. The number of amides is 2. The third-order valence-electron chi connectivity index (χ3n) is 8.80. The Hall–Kier alpha value is -1.67. The first kappa shape index (κ1) is 28.3. The zero-order chi connectivity index (χ0) is 26.8. The number of likely N-dealkylation sites (tertiary alicyclic amines) is 1. The molecule has 1 aromatic rings. The molecule has 2 amide bonds. The number of hydrogen-bond donors (Lipinski definition) is 3. The Balaban J connectivity index is 1.45. The van der Waals surface area contributed by atoms with Crippen LogP contribution in [0.2, 0.25) is 5.02 Å². The molecule has 37 heavy (non-hydrogen) atoms. The molecule has 8 heteroatoms. The Morgan fingerprint density at radius 1 is 1.05 bits per heavy atom. The van der Waals surface area contributed by atoms with Gasteiger partial charge in [0, 0.05) is 42.8 Å². The van der Waals surface area contributed by atoms with Crippen LogP contribution >= 0.6 is 11.6 Å². The molecule has 4 rings (SSSR count). The molecule has 2 saturated heterocycles. The Bertz CT molecular complexity index is 927. The van der Waals surface area contributed by atoms with E-state index in [1.165, 1.54) is 19.3 Å². The summed E-state index contributed by atoms with van der Waals surface area (Å²) in [6, 6.07) is 7.10. The first-order valence-corrected chi connectivity index (χ1v) is 14.4. The second kappa shape index (κ2) is 11.6. The van der Waals surface area contributed by atoms with Gasteiger partial charge in [-0.3, -0.25) is 15.0 Å². The average molecular weight is 532 g/mol. The summed E-state index contributed by atoms with van der Waals surface area (Å²) in [6.07, 6.45) is 7.45. The second-order valence-corrected chi connectivity index (χ2v) is 13.2. The van der Waals surface area contributed by atoms with Gasteiger partial charge in [-0.15, -0.1) is 0 Å². The number of rotatable bonds is 7. The summed E-state index contributed by atoms with van der Waals surface area (Å²) >= 11 is 6.08. The highest BCUT2D eigenvalue weighted by Gasteiger charge is 2.49. The largest absolute Gasteiger partial charge is 0.351 e. The quantitative estimate of drug-likeness (QED) is 0.492. The third-order valence-corrected chi connectivity index (χ3v) is 9.05. The summed E-state index contributed by atoms with van der Waals surface area (Å²) in [4.78, 5) is 29.5. The van der Waals surface area contributed by atoms with E-state index in [0.717, 1.165) is 44.3 Å². The number of carbonyl (C=O) groups is 2. The highest BCUT2D eigenvalue weighted by Crippen LogP contribution is 2.46. The van der Waals surface area contributed by atoms with Crippen LogP contribution in [0.4, 0.5) is 0 Å². The van der Waals surface area contributed by atoms with Crippen LogP contribution < -0.4 is 16.5 Å². The van der Waals surface area contributed by atoms with Crippen LogP contribution in [-0.2, 0) is 9.59 Å². The van der Waals surface area contributed by atoms with Crippen LogP contribution in [0.5, 0.6) is 0 Å². The van der Waals surface area contributed by atoms with Crippen LogP contribution in [0.15, 0.2) is 24.3 Å². The SMILES string of the molecule is CN1CC([C@@H](C(=O)NN2CCC(C(=O)NC(C)(C)C)(C3CCCCC3)CC2)C(N)c2ccc(Cl)cc2)C1. The molecule has 2 aliphatic heterocycles. The summed E-state index contributed by atoms with van der Waals surface area (Å²) < 4.78 is 0. The molecule has 1 saturated carbocycles. The molecule has 1 aromatic carbocycles. The first-order chi connectivity index (χ1) is 17.5. The Morgan fingerprint density at radius 3 is 2.19 bits per heavy atom. The summed E-state index contributed by atoms with van der Waals surface area (Å²) in [5.74, 6) is 0.465. The van der Waals surface area contributed by atoms with E-state index >= 15 is 0 Å². The molecule has 0 aromatic heterocycles. The Kier molecular flexibility index (Phi) is 8.89. The minimum absolute atomic E-state index is 0.0233. The van der Waals surface area contributed by atoms with Crippen molar-refractivity contribution >= 4 is 23.4 Å². The van der Waals surface area contributed by atoms with Gasteiger partial charge in [-0.05, 0) is 83.0 Å². The lowest BCUT2D eigenvalue weighted by molar-refractivity contribution is -0.144. The lowest BCUT2D eigenvalue weighted by Crippen LogP contribution is -2.60. The van der Waals surface area contributed by atoms with E-state index in [4.69, 9.17) is 17.3 Å². The lowest BCUT2D eigenvalue weighted by atomic mass is 9.63.